The van der Waals surface area contributed by atoms with Crippen LogP contribution in [0.1, 0.15) is 78.6 Å². The Bertz CT molecular complexity index is 607. The highest BCUT2D eigenvalue weighted by atomic mass is 19.4. The van der Waals surface area contributed by atoms with Crippen molar-refractivity contribution in [2.75, 3.05) is 13.2 Å². The second-order valence-electron chi connectivity index (χ2n) is 7.83. The molecule has 0 saturated heterocycles. The molecule has 0 unspecified atom stereocenters. The molecule has 0 aromatic carbocycles. The van der Waals surface area contributed by atoms with Crippen LogP contribution in [0.4, 0.5) is 35.1 Å². The van der Waals surface area contributed by atoms with Gasteiger partial charge in [-0.15, -0.1) is 0 Å². The van der Waals surface area contributed by atoms with Crippen molar-refractivity contribution in [1.82, 2.24) is 0 Å². The smallest absolute Gasteiger partial charge is 0.381 e. The largest absolute Gasteiger partial charge is 0.465 e. The van der Waals surface area contributed by atoms with E-state index in [1.165, 1.54) is 13.8 Å². The molecule has 0 radical (unpaired) electrons. The summed E-state index contributed by atoms with van der Waals surface area (Å²) in [5.74, 6) is -21.5. The van der Waals surface area contributed by atoms with Gasteiger partial charge in [0.2, 0.25) is 0 Å². The third-order valence-corrected chi connectivity index (χ3v) is 5.51. The van der Waals surface area contributed by atoms with Gasteiger partial charge in [-0.3, -0.25) is 9.59 Å². The first-order valence-corrected chi connectivity index (χ1v) is 10.9. The predicted molar refractivity (Wildman–Crippen MR) is 104 cm³/mol. The molecule has 33 heavy (non-hydrogen) atoms. The fraction of sp³-hybridized carbons (Fsp3) is 0.905. The molecule has 0 saturated carbocycles. The molecule has 0 spiro atoms. The topological polar surface area (TPSA) is 52.6 Å². The van der Waals surface area contributed by atoms with Crippen molar-refractivity contribution < 1.29 is 54.2 Å². The average Bonchev–Trinajstić information content (AvgIpc) is 2.75. The molecule has 0 N–H and O–H groups in total. The average molecular weight is 500 g/mol. The monoisotopic (exact) mass is 500 g/mol. The SMILES string of the molecule is CCCCCCCCCOC(=O)C(CC)(CC)C(=O)OCC(F)(F)C(F)(F)C(F)(F)C(F)F. The summed E-state index contributed by atoms with van der Waals surface area (Å²) in [4.78, 5) is 24.8. The van der Waals surface area contributed by atoms with Crippen molar-refractivity contribution in [2.45, 2.75) is 103 Å². The molecule has 0 aromatic rings. The number of halogens is 8. The van der Waals surface area contributed by atoms with Crippen LogP contribution in [0.15, 0.2) is 0 Å². The zero-order chi connectivity index (χ0) is 25.9. The van der Waals surface area contributed by atoms with Gasteiger partial charge < -0.3 is 9.47 Å². The summed E-state index contributed by atoms with van der Waals surface area (Å²) in [5, 5.41) is 0. The molecule has 0 aliphatic carbocycles. The standard InChI is InChI=1S/C21H32F8O4/c1-4-7-8-9-10-11-12-13-32-16(30)18(5-2,6-3)17(31)33-14-19(24,25)21(28,29)20(26,27)15(22)23/h15H,4-14H2,1-3H3. The second-order valence-corrected chi connectivity index (χ2v) is 7.83. The molecule has 0 rings (SSSR count). The summed E-state index contributed by atoms with van der Waals surface area (Å²) in [5.41, 5.74) is -2.13. The first kappa shape index (κ1) is 31.4. The van der Waals surface area contributed by atoms with Crippen molar-refractivity contribution >= 4 is 11.9 Å². The first-order chi connectivity index (χ1) is 15.2. The number of alkyl halides is 8. The van der Waals surface area contributed by atoms with Crippen LogP contribution in [-0.2, 0) is 19.1 Å². The molecule has 0 aliphatic rings. The first-order valence-electron chi connectivity index (χ1n) is 10.9. The number of carbonyl (C=O) groups excluding carboxylic acids is 2. The zero-order valence-corrected chi connectivity index (χ0v) is 19.0. The quantitative estimate of drug-likeness (QED) is 0.0954. The van der Waals surface area contributed by atoms with Gasteiger partial charge in [-0.05, 0) is 19.3 Å². The fourth-order valence-corrected chi connectivity index (χ4v) is 3.04. The molecule has 0 bridgehead atoms. The third kappa shape index (κ3) is 7.70. The summed E-state index contributed by atoms with van der Waals surface area (Å²) < 4.78 is 113. The molecular formula is C21H32F8O4. The van der Waals surface area contributed by atoms with Crippen molar-refractivity contribution in [3.63, 3.8) is 0 Å². The summed E-state index contributed by atoms with van der Waals surface area (Å²) in [6.07, 6.45) is 0.685. The van der Waals surface area contributed by atoms with Gasteiger partial charge in [0, 0.05) is 0 Å². The minimum absolute atomic E-state index is 0.0729. The number of unbranched alkanes of at least 4 members (excludes halogenated alkanes) is 6. The van der Waals surface area contributed by atoms with Gasteiger partial charge in [0.15, 0.2) is 12.0 Å². The Labute approximate surface area is 188 Å². The maximum atomic E-state index is 13.7. The number of carbonyl (C=O) groups is 2. The van der Waals surface area contributed by atoms with E-state index < -0.39 is 48.2 Å². The second kappa shape index (κ2) is 13.3. The molecule has 4 nitrogen and oxygen atoms in total. The highest BCUT2D eigenvalue weighted by molar-refractivity contribution is 6.00. The van der Waals surface area contributed by atoms with Crippen LogP contribution in [0, 0.1) is 5.41 Å². The lowest BCUT2D eigenvalue weighted by molar-refractivity contribution is -0.344. The number of hydrogen-bond acceptors (Lipinski definition) is 4. The Morgan fingerprint density at radius 1 is 0.727 bits per heavy atom. The summed E-state index contributed by atoms with van der Waals surface area (Å²) in [6, 6.07) is 0. The summed E-state index contributed by atoms with van der Waals surface area (Å²) in [7, 11) is 0. The molecule has 0 atom stereocenters. The number of ether oxygens (including phenoxy) is 2. The van der Waals surface area contributed by atoms with Gasteiger partial charge in [0.05, 0.1) is 6.61 Å². The van der Waals surface area contributed by atoms with E-state index in [1.54, 1.807) is 0 Å². The number of hydrogen-bond donors (Lipinski definition) is 0. The van der Waals surface area contributed by atoms with Gasteiger partial charge in [0.25, 0.3) is 0 Å². The van der Waals surface area contributed by atoms with E-state index in [4.69, 9.17) is 4.74 Å². The minimum Gasteiger partial charge on any atom is -0.465 e. The molecule has 0 amide bonds. The van der Waals surface area contributed by atoms with E-state index in [1.807, 2.05) is 0 Å². The summed E-state index contributed by atoms with van der Waals surface area (Å²) in [6.45, 7) is 2.02. The van der Waals surface area contributed by atoms with Gasteiger partial charge in [-0.1, -0.05) is 59.3 Å². The molecule has 0 heterocycles. The molecule has 0 aliphatic heterocycles. The van der Waals surface area contributed by atoms with Crippen LogP contribution in [0.2, 0.25) is 0 Å². The zero-order valence-electron chi connectivity index (χ0n) is 19.0. The van der Waals surface area contributed by atoms with E-state index in [-0.39, 0.29) is 19.4 Å². The van der Waals surface area contributed by atoms with Crippen LogP contribution in [0.5, 0.6) is 0 Å². The van der Waals surface area contributed by atoms with Crippen LogP contribution in [-0.4, -0.2) is 49.3 Å². The van der Waals surface area contributed by atoms with Gasteiger partial charge >= 0.3 is 36.1 Å². The lowest BCUT2D eigenvalue weighted by Gasteiger charge is -2.33. The lowest BCUT2D eigenvalue weighted by Crippen LogP contribution is -2.59. The Morgan fingerprint density at radius 3 is 1.64 bits per heavy atom. The van der Waals surface area contributed by atoms with E-state index in [0.29, 0.717) is 6.42 Å². The van der Waals surface area contributed by atoms with E-state index in [9.17, 15) is 44.7 Å². The Kier molecular flexibility index (Phi) is 12.7. The molecule has 196 valence electrons. The van der Waals surface area contributed by atoms with Gasteiger partial charge in [0.1, 0.15) is 0 Å². The van der Waals surface area contributed by atoms with Crippen molar-refractivity contribution in [3.05, 3.63) is 0 Å². The maximum Gasteiger partial charge on any atom is 0.381 e. The third-order valence-electron chi connectivity index (χ3n) is 5.51. The van der Waals surface area contributed by atoms with Crippen molar-refractivity contribution in [1.29, 1.82) is 0 Å². The maximum absolute atomic E-state index is 13.7. The van der Waals surface area contributed by atoms with Gasteiger partial charge in [-0.25, -0.2) is 8.78 Å². The molecular weight excluding hydrogens is 468 g/mol. The van der Waals surface area contributed by atoms with Crippen LogP contribution in [0.25, 0.3) is 0 Å². The lowest BCUT2D eigenvalue weighted by atomic mass is 9.82. The fourth-order valence-electron chi connectivity index (χ4n) is 3.04. The highest BCUT2D eigenvalue weighted by Gasteiger charge is 2.75. The molecule has 12 heteroatoms. The number of esters is 2. The Hall–Kier alpha value is -1.62. The predicted octanol–water partition coefficient (Wildman–Crippen LogP) is 6.80. The molecule has 0 aromatic heterocycles. The van der Waals surface area contributed by atoms with Crippen LogP contribution >= 0.6 is 0 Å². The summed E-state index contributed by atoms with van der Waals surface area (Å²) >= 11 is 0. The number of rotatable bonds is 17. The Balaban J connectivity index is 5.04. The Morgan fingerprint density at radius 2 is 1.18 bits per heavy atom. The van der Waals surface area contributed by atoms with E-state index >= 15 is 0 Å². The van der Waals surface area contributed by atoms with E-state index in [0.717, 1.165) is 38.5 Å². The van der Waals surface area contributed by atoms with Crippen molar-refractivity contribution in [3.8, 4) is 0 Å². The van der Waals surface area contributed by atoms with Crippen LogP contribution < -0.4 is 0 Å². The van der Waals surface area contributed by atoms with Crippen molar-refractivity contribution in [2.24, 2.45) is 5.41 Å². The van der Waals surface area contributed by atoms with E-state index in [2.05, 4.69) is 11.7 Å². The van der Waals surface area contributed by atoms with Gasteiger partial charge in [-0.2, -0.15) is 26.3 Å². The minimum atomic E-state index is -6.51. The van der Waals surface area contributed by atoms with Crippen LogP contribution in [0.3, 0.4) is 0 Å². The molecule has 0 fully saturated rings. The highest BCUT2D eigenvalue weighted by Crippen LogP contribution is 2.48. The normalized spacial score (nSPS) is 13.3.